The SMILES string of the molecule is CCOc1ccccc1C(CS(=O)C1CCCCC1)NC. The highest BCUT2D eigenvalue weighted by Gasteiger charge is 2.24. The van der Waals surface area contributed by atoms with Crippen molar-refractivity contribution in [2.45, 2.75) is 50.3 Å². The van der Waals surface area contributed by atoms with Crippen LogP contribution in [0.5, 0.6) is 5.75 Å². The predicted octanol–water partition coefficient (Wildman–Crippen LogP) is 3.43. The van der Waals surface area contributed by atoms with E-state index in [4.69, 9.17) is 4.74 Å². The molecule has 0 aromatic heterocycles. The van der Waals surface area contributed by atoms with Crippen LogP contribution in [0.1, 0.15) is 50.6 Å². The summed E-state index contributed by atoms with van der Waals surface area (Å²) in [5.74, 6) is 1.57. The number of benzene rings is 1. The molecule has 0 heterocycles. The van der Waals surface area contributed by atoms with Crippen molar-refractivity contribution in [3.63, 3.8) is 0 Å². The third-order valence-corrected chi connectivity index (χ3v) is 6.07. The van der Waals surface area contributed by atoms with Gasteiger partial charge in [-0.1, -0.05) is 37.5 Å². The van der Waals surface area contributed by atoms with Gasteiger partial charge in [-0.15, -0.1) is 0 Å². The van der Waals surface area contributed by atoms with Crippen molar-refractivity contribution in [3.05, 3.63) is 29.8 Å². The molecule has 2 atom stereocenters. The van der Waals surface area contributed by atoms with E-state index in [2.05, 4.69) is 11.4 Å². The fraction of sp³-hybridized carbons (Fsp3) is 0.647. The molecule has 2 unspecified atom stereocenters. The van der Waals surface area contributed by atoms with Crippen molar-refractivity contribution in [1.82, 2.24) is 5.32 Å². The number of hydrogen-bond acceptors (Lipinski definition) is 3. The van der Waals surface area contributed by atoms with Gasteiger partial charge in [-0.05, 0) is 32.9 Å². The third kappa shape index (κ3) is 4.55. The van der Waals surface area contributed by atoms with E-state index in [0.29, 0.717) is 17.6 Å². The van der Waals surface area contributed by atoms with Crippen molar-refractivity contribution >= 4 is 10.8 Å². The van der Waals surface area contributed by atoms with Crippen LogP contribution in [0.4, 0.5) is 0 Å². The van der Waals surface area contributed by atoms with Crippen LogP contribution < -0.4 is 10.1 Å². The van der Waals surface area contributed by atoms with Gasteiger partial charge < -0.3 is 10.1 Å². The molecule has 4 heteroatoms. The highest BCUT2D eigenvalue weighted by molar-refractivity contribution is 7.85. The molecule has 1 saturated carbocycles. The molecule has 3 nitrogen and oxygen atoms in total. The van der Waals surface area contributed by atoms with Gasteiger partial charge in [0.1, 0.15) is 5.75 Å². The Hall–Kier alpha value is -0.870. The maximum Gasteiger partial charge on any atom is 0.124 e. The number of hydrogen-bond donors (Lipinski definition) is 1. The fourth-order valence-corrected chi connectivity index (χ4v) is 4.82. The number of rotatable bonds is 7. The van der Waals surface area contributed by atoms with E-state index in [0.717, 1.165) is 24.2 Å². The van der Waals surface area contributed by atoms with Crippen molar-refractivity contribution in [3.8, 4) is 5.75 Å². The van der Waals surface area contributed by atoms with E-state index in [1.54, 1.807) is 0 Å². The summed E-state index contributed by atoms with van der Waals surface area (Å²) in [4.78, 5) is 0. The Morgan fingerprint density at radius 2 is 2.00 bits per heavy atom. The van der Waals surface area contributed by atoms with Crippen LogP contribution in [0.15, 0.2) is 24.3 Å². The molecule has 0 bridgehead atoms. The Labute approximate surface area is 130 Å². The second-order valence-corrected chi connectivity index (χ2v) is 7.38. The summed E-state index contributed by atoms with van der Waals surface area (Å²) in [5.41, 5.74) is 1.12. The molecule has 1 aromatic rings. The summed E-state index contributed by atoms with van der Waals surface area (Å²) in [6.07, 6.45) is 6.01. The molecule has 1 aliphatic carbocycles. The average Bonchev–Trinajstić information content (AvgIpc) is 2.54. The van der Waals surface area contributed by atoms with Gasteiger partial charge in [0.15, 0.2) is 0 Å². The van der Waals surface area contributed by atoms with Gasteiger partial charge in [-0.2, -0.15) is 0 Å². The third-order valence-electron chi connectivity index (χ3n) is 4.20. The Kier molecular flexibility index (Phi) is 6.71. The first kappa shape index (κ1) is 16.5. The van der Waals surface area contributed by atoms with E-state index in [1.807, 2.05) is 32.2 Å². The van der Waals surface area contributed by atoms with E-state index in [9.17, 15) is 4.21 Å². The van der Waals surface area contributed by atoms with Gasteiger partial charge >= 0.3 is 0 Å². The lowest BCUT2D eigenvalue weighted by atomic mass is 10.0. The number of para-hydroxylation sites is 1. The largest absolute Gasteiger partial charge is 0.494 e. The Morgan fingerprint density at radius 3 is 2.67 bits per heavy atom. The minimum atomic E-state index is -0.767. The van der Waals surface area contributed by atoms with Crippen LogP contribution >= 0.6 is 0 Å². The molecule has 1 N–H and O–H groups in total. The second-order valence-electron chi connectivity index (χ2n) is 5.62. The van der Waals surface area contributed by atoms with Crippen LogP contribution in [-0.4, -0.2) is 28.9 Å². The molecular weight excluding hydrogens is 282 g/mol. The van der Waals surface area contributed by atoms with Crippen LogP contribution in [0.2, 0.25) is 0 Å². The molecule has 0 amide bonds. The molecule has 1 aliphatic rings. The van der Waals surface area contributed by atoms with Crippen molar-refractivity contribution in [2.24, 2.45) is 0 Å². The summed E-state index contributed by atoms with van der Waals surface area (Å²) >= 11 is 0. The lowest BCUT2D eigenvalue weighted by molar-refractivity contribution is 0.333. The van der Waals surface area contributed by atoms with Crippen LogP contribution in [0.3, 0.4) is 0 Å². The Morgan fingerprint density at radius 1 is 1.29 bits per heavy atom. The van der Waals surface area contributed by atoms with E-state index >= 15 is 0 Å². The molecule has 0 aliphatic heterocycles. The smallest absolute Gasteiger partial charge is 0.124 e. The highest BCUT2D eigenvalue weighted by atomic mass is 32.2. The van der Waals surface area contributed by atoms with Crippen molar-refractivity contribution in [2.75, 3.05) is 19.4 Å². The standard InChI is InChI=1S/C17H27NO2S/c1-3-20-17-12-8-7-11-15(17)16(18-2)13-21(19)14-9-5-4-6-10-14/h7-8,11-12,14,16,18H,3-6,9-10,13H2,1-2H3. The zero-order valence-electron chi connectivity index (χ0n) is 13.1. The van der Waals surface area contributed by atoms with Gasteiger partial charge in [-0.25, -0.2) is 0 Å². The lowest BCUT2D eigenvalue weighted by Crippen LogP contribution is -2.29. The van der Waals surface area contributed by atoms with Gasteiger partial charge in [0.25, 0.3) is 0 Å². The summed E-state index contributed by atoms with van der Waals surface area (Å²) in [6, 6.07) is 8.16. The molecule has 0 saturated heterocycles. The summed E-state index contributed by atoms with van der Waals surface area (Å²) in [6.45, 7) is 2.64. The molecule has 0 radical (unpaired) electrons. The quantitative estimate of drug-likeness (QED) is 0.838. The van der Waals surface area contributed by atoms with Crippen LogP contribution in [-0.2, 0) is 10.8 Å². The minimum Gasteiger partial charge on any atom is -0.494 e. The van der Waals surface area contributed by atoms with E-state index < -0.39 is 10.8 Å². The topological polar surface area (TPSA) is 38.3 Å². The summed E-state index contributed by atoms with van der Waals surface area (Å²) in [7, 11) is 1.17. The molecular formula is C17H27NO2S. The number of nitrogens with one attached hydrogen (secondary N) is 1. The first-order chi connectivity index (χ1) is 10.3. The monoisotopic (exact) mass is 309 g/mol. The van der Waals surface area contributed by atoms with E-state index in [1.165, 1.54) is 19.3 Å². The zero-order chi connectivity index (χ0) is 15.1. The van der Waals surface area contributed by atoms with Crippen LogP contribution in [0, 0.1) is 0 Å². The molecule has 1 aromatic carbocycles. The van der Waals surface area contributed by atoms with Gasteiger partial charge in [0, 0.05) is 33.4 Å². The molecule has 1 fully saturated rings. The molecule has 118 valence electrons. The molecule has 0 spiro atoms. The molecule has 2 rings (SSSR count). The first-order valence-corrected chi connectivity index (χ1v) is 9.40. The minimum absolute atomic E-state index is 0.0931. The summed E-state index contributed by atoms with van der Waals surface area (Å²) in [5, 5.41) is 3.70. The van der Waals surface area contributed by atoms with Crippen LogP contribution in [0.25, 0.3) is 0 Å². The fourth-order valence-electron chi connectivity index (χ4n) is 3.01. The van der Waals surface area contributed by atoms with E-state index in [-0.39, 0.29) is 6.04 Å². The number of ether oxygens (including phenoxy) is 1. The zero-order valence-corrected chi connectivity index (χ0v) is 14.0. The van der Waals surface area contributed by atoms with Crippen molar-refractivity contribution in [1.29, 1.82) is 0 Å². The molecule has 21 heavy (non-hydrogen) atoms. The summed E-state index contributed by atoms with van der Waals surface area (Å²) < 4.78 is 18.3. The normalized spacial score (nSPS) is 19.1. The first-order valence-electron chi connectivity index (χ1n) is 8.02. The van der Waals surface area contributed by atoms with Crippen molar-refractivity contribution < 1.29 is 8.95 Å². The second kappa shape index (κ2) is 8.54. The van der Waals surface area contributed by atoms with Gasteiger partial charge in [0.05, 0.1) is 6.61 Å². The average molecular weight is 309 g/mol. The van der Waals surface area contributed by atoms with Gasteiger partial charge in [-0.3, -0.25) is 4.21 Å². The highest BCUT2D eigenvalue weighted by Crippen LogP contribution is 2.28. The van der Waals surface area contributed by atoms with Gasteiger partial charge in [0.2, 0.25) is 0 Å². The maximum absolute atomic E-state index is 12.6. The Balaban J connectivity index is 2.07. The predicted molar refractivity (Wildman–Crippen MR) is 89.3 cm³/mol. The lowest BCUT2D eigenvalue weighted by Gasteiger charge is -2.25. The Bertz CT molecular complexity index is 458. The maximum atomic E-state index is 12.6.